The first-order valence-corrected chi connectivity index (χ1v) is 12.3. The van der Waals surface area contributed by atoms with Gasteiger partial charge in [-0.25, -0.2) is 17.5 Å². The van der Waals surface area contributed by atoms with E-state index in [9.17, 15) is 29.8 Å². The van der Waals surface area contributed by atoms with Crippen molar-refractivity contribution in [2.24, 2.45) is 0 Å². The molecule has 0 heterocycles. The molecule has 0 aromatic heterocycles. The van der Waals surface area contributed by atoms with Gasteiger partial charge in [0.05, 0.1) is 0 Å². The quantitative estimate of drug-likeness (QED) is 0.308. The highest BCUT2D eigenvalue weighted by Gasteiger charge is 2.46. The lowest BCUT2D eigenvalue weighted by molar-refractivity contribution is 0.285. The SMILES string of the molecule is C=CN(C=C)S(=O)(=O)OP(=O)(OS(=O)(=O)N(C=C)C=C)OS(=O)(=O)N(C=C)C=C. The van der Waals surface area contributed by atoms with Crippen LogP contribution >= 0.6 is 7.82 Å². The summed E-state index contributed by atoms with van der Waals surface area (Å²) in [4.78, 5) is 0. The van der Waals surface area contributed by atoms with E-state index in [1.54, 1.807) is 0 Å². The van der Waals surface area contributed by atoms with Gasteiger partial charge in [0.25, 0.3) is 0 Å². The van der Waals surface area contributed by atoms with Crippen LogP contribution in [0.5, 0.6) is 0 Å². The maximum absolute atomic E-state index is 12.8. The third-order valence-corrected chi connectivity index (χ3v) is 9.31. The lowest BCUT2D eigenvalue weighted by Gasteiger charge is -2.23. The predicted molar refractivity (Wildman–Crippen MR) is 104 cm³/mol. The molecule has 0 aromatic carbocycles. The molecule has 0 atom stereocenters. The fraction of sp³-hybridized carbons (Fsp3) is 0. The second kappa shape index (κ2) is 10.0. The van der Waals surface area contributed by atoms with E-state index in [0.29, 0.717) is 37.2 Å². The molecule has 0 spiro atoms. The maximum Gasteiger partial charge on any atom is 0.523 e. The molecule has 0 amide bonds. The monoisotopic (exact) mass is 491 g/mol. The minimum atomic E-state index is -6.00. The molecular formula is C12H18N3O10PS3. The maximum atomic E-state index is 12.8. The van der Waals surface area contributed by atoms with Crippen LogP contribution < -0.4 is 0 Å². The van der Waals surface area contributed by atoms with E-state index in [2.05, 4.69) is 51.4 Å². The molecule has 13 nitrogen and oxygen atoms in total. The summed E-state index contributed by atoms with van der Waals surface area (Å²) in [6.07, 6.45) is 3.64. The van der Waals surface area contributed by atoms with Crippen LogP contribution in [0.1, 0.15) is 0 Å². The van der Waals surface area contributed by atoms with E-state index in [1.807, 2.05) is 0 Å². The van der Waals surface area contributed by atoms with Crippen molar-refractivity contribution in [3.05, 3.63) is 76.7 Å². The van der Waals surface area contributed by atoms with Crippen molar-refractivity contribution in [1.29, 1.82) is 0 Å². The van der Waals surface area contributed by atoms with Crippen molar-refractivity contribution >= 4 is 38.7 Å². The molecule has 29 heavy (non-hydrogen) atoms. The van der Waals surface area contributed by atoms with Gasteiger partial charge in [-0.05, 0) is 0 Å². The Hall–Kier alpha value is -2.20. The first-order valence-electron chi connectivity index (χ1n) is 6.78. The summed E-state index contributed by atoms with van der Waals surface area (Å²) < 4.78 is 98.4. The van der Waals surface area contributed by atoms with Gasteiger partial charge < -0.3 is 0 Å². The molecule has 164 valence electrons. The Balaban J connectivity index is 6.50. The Morgan fingerprint density at radius 2 is 0.690 bits per heavy atom. The summed E-state index contributed by atoms with van der Waals surface area (Å²) in [7, 11) is -21.6. The smallest absolute Gasteiger partial charge is 0.231 e. The van der Waals surface area contributed by atoms with E-state index >= 15 is 0 Å². The molecule has 0 radical (unpaired) electrons. The fourth-order valence-electron chi connectivity index (χ4n) is 1.27. The summed E-state index contributed by atoms with van der Waals surface area (Å²) in [5.41, 5.74) is 0. The van der Waals surface area contributed by atoms with E-state index in [1.165, 1.54) is 0 Å². The number of phosphoric acid groups is 1. The summed E-state index contributed by atoms with van der Waals surface area (Å²) in [6, 6.07) is 0. The normalized spacial score (nSPS) is 12.3. The van der Waals surface area contributed by atoms with Crippen molar-refractivity contribution in [3.63, 3.8) is 0 Å². The molecule has 0 fully saturated rings. The molecule has 0 rings (SSSR count). The second-order valence-electron chi connectivity index (χ2n) is 4.13. The van der Waals surface area contributed by atoms with E-state index in [-0.39, 0.29) is 12.9 Å². The van der Waals surface area contributed by atoms with Crippen LogP contribution in [0.25, 0.3) is 0 Å². The number of hydrogen-bond acceptors (Lipinski definition) is 10. The summed E-state index contributed by atoms with van der Waals surface area (Å²) in [5, 5.41) is 0. The predicted octanol–water partition coefficient (Wildman–Crippen LogP) is 1.65. The van der Waals surface area contributed by atoms with Gasteiger partial charge in [0, 0.05) is 37.2 Å². The van der Waals surface area contributed by atoms with Gasteiger partial charge in [-0.3, -0.25) is 0 Å². The molecule has 0 aliphatic heterocycles. The number of nitrogens with zero attached hydrogens (tertiary/aromatic N) is 3. The van der Waals surface area contributed by atoms with Crippen LogP contribution in [0.3, 0.4) is 0 Å². The zero-order chi connectivity index (χ0) is 23.1. The van der Waals surface area contributed by atoms with Crippen LogP contribution in [-0.4, -0.2) is 38.2 Å². The Bertz CT molecular complexity index is 892. The van der Waals surface area contributed by atoms with Crippen LogP contribution in [0.15, 0.2) is 76.7 Å². The average molecular weight is 491 g/mol. The van der Waals surface area contributed by atoms with Gasteiger partial charge in [-0.1, -0.05) is 39.5 Å². The average Bonchev–Trinajstić information content (AvgIpc) is 2.54. The minimum Gasteiger partial charge on any atom is -0.231 e. The van der Waals surface area contributed by atoms with Crippen molar-refractivity contribution in [2.45, 2.75) is 0 Å². The fourth-order valence-corrected chi connectivity index (χ4v) is 7.03. The molecule has 0 bridgehead atoms. The Morgan fingerprint density at radius 3 is 0.828 bits per heavy atom. The van der Waals surface area contributed by atoms with E-state index < -0.39 is 38.7 Å². The van der Waals surface area contributed by atoms with E-state index in [0.717, 1.165) is 0 Å². The largest absolute Gasteiger partial charge is 0.523 e. The topological polar surface area (TPSA) is 157 Å². The molecule has 0 unspecified atom stereocenters. The highest BCUT2D eigenvalue weighted by Crippen LogP contribution is 2.55. The third-order valence-electron chi connectivity index (χ3n) is 2.41. The molecule has 17 heteroatoms. The van der Waals surface area contributed by atoms with Gasteiger partial charge >= 0.3 is 38.7 Å². The highest BCUT2D eigenvalue weighted by molar-refractivity contribution is 7.96. The first kappa shape index (κ1) is 26.8. The lowest BCUT2D eigenvalue weighted by Crippen LogP contribution is -2.28. The summed E-state index contributed by atoms with van der Waals surface area (Å²) in [5.74, 6) is 0. The van der Waals surface area contributed by atoms with E-state index in [4.69, 9.17) is 0 Å². The summed E-state index contributed by atoms with van der Waals surface area (Å²) in [6.45, 7) is 18.6. The standard InChI is InChI=1S/C12H18N3O10PS3/c1-7-13(8-2)27(17,18)23-26(16,24-28(19,20)14(9-3)10-4)25-29(21,22)15(11-5)12-6/h7-12H,1-6H2. The molecular weight excluding hydrogens is 473 g/mol. The van der Waals surface area contributed by atoms with Crippen molar-refractivity contribution in [1.82, 2.24) is 12.9 Å². The number of hydrogen-bond donors (Lipinski definition) is 0. The lowest BCUT2D eigenvalue weighted by atomic mass is 10.9. The molecule has 0 aliphatic carbocycles. The number of rotatable bonds is 15. The van der Waals surface area contributed by atoms with Gasteiger partial charge in [0.2, 0.25) is 0 Å². The molecule has 0 aliphatic rings. The second-order valence-corrected chi connectivity index (χ2v) is 10.6. The highest BCUT2D eigenvalue weighted by atomic mass is 32.3. The van der Waals surface area contributed by atoms with Crippen molar-refractivity contribution in [2.75, 3.05) is 0 Å². The van der Waals surface area contributed by atoms with Crippen LogP contribution in [0.4, 0.5) is 0 Å². The third kappa shape index (κ3) is 6.97. The summed E-state index contributed by atoms with van der Waals surface area (Å²) >= 11 is 0. The van der Waals surface area contributed by atoms with Gasteiger partial charge in [0.15, 0.2) is 0 Å². The van der Waals surface area contributed by atoms with Gasteiger partial charge in [-0.2, -0.15) is 25.3 Å². The van der Waals surface area contributed by atoms with Gasteiger partial charge in [-0.15, -0.1) is 11.9 Å². The van der Waals surface area contributed by atoms with Crippen LogP contribution in [0.2, 0.25) is 0 Å². The minimum absolute atomic E-state index is 0.128. The molecule has 0 saturated heterocycles. The van der Waals surface area contributed by atoms with Crippen molar-refractivity contribution in [3.8, 4) is 0 Å². The molecule has 0 N–H and O–H groups in total. The van der Waals surface area contributed by atoms with Crippen molar-refractivity contribution < 1.29 is 41.7 Å². The Labute approximate surface area is 170 Å². The first-order chi connectivity index (χ1) is 13.2. The zero-order valence-corrected chi connectivity index (χ0v) is 18.1. The van der Waals surface area contributed by atoms with Crippen LogP contribution in [0, 0.1) is 0 Å². The van der Waals surface area contributed by atoms with Gasteiger partial charge in [0.1, 0.15) is 0 Å². The molecule has 0 aromatic rings. The zero-order valence-electron chi connectivity index (χ0n) is 14.8. The van der Waals surface area contributed by atoms with Crippen LogP contribution in [-0.2, 0) is 47.4 Å². The Morgan fingerprint density at radius 1 is 0.517 bits per heavy atom. The Kier molecular flexibility index (Phi) is 9.26. The molecule has 0 saturated carbocycles.